The minimum atomic E-state index is -4.43. The van der Waals surface area contributed by atoms with Gasteiger partial charge in [-0.3, -0.25) is 4.79 Å². The summed E-state index contributed by atoms with van der Waals surface area (Å²) in [5, 5.41) is 11.7. The molecule has 18 heavy (non-hydrogen) atoms. The van der Waals surface area contributed by atoms with Crippen LogP contribution in [0, 0.1) is 5.41 Å². The van der Waals surface area contributed by atoms with Crippen LogP contribution >= 0.6 is 0 Å². The van der Waals surface area contributed by atoms with Crippen molar-refractivity contribution in [3.63, 3.8) is 0 Å². The summed E-state index contributed by atoms with van der Waals surface area (Å²) in [6, 6.07) is 0. The highest BCUT2D eigenvalue weighted by molar-refractivity contribution is 5.77. The van der Waals surface area contributed by atoms with Crippen LogP contribution in [0.2, 0.25) is 0 Å². The van der Waals surface area contributed by atoms with Crippen molar-refractivity contribution in [3.8, 4) is 0 Å². The molecule has 0 fully saturated rings. The van der Waals surface area contributed by atoms with Gasteiger partial charge in [0, 0.05) is 12.0 Å². The Morgan fingerprint density at radius 1 is 1.28 bits per heavy atom. The third-order valence-electron chi connectivity index (χ3n) is 2.99. The fourth-order valence-corrected chi connectivity index (χ4v) is 1.38. The van der Waals surface area contributed by atoms with E-state index < -0.39 is 30.7 Å². The number of amides is 1. The van der Waals surface area contributed by atoms with Crippen LogP contribution in [0.3, 0.4) is 0 Å². The molecule has 0 saturated carbocycles. The average Bonchev–Trinajstić information content (AvgIpc) is 2.30. The van der Waals surface area contributed by atoms with E-state index in [1.807, 2.05) is 13.8 Å². The van der Waals surface area contributed by atoms with Gasteiger partial charge in [-0.15, -0.1) is 0 Å². The highest BCUT2D eigenvalue weighted by atomic mass is 19.4. The number of hydrogen-bond acceptors (Lipinski definition) is 3. The van der Waals surface area contributed by atoms with Crippen molar-refractivity contribution in [2.75, 3.05) is 26.4 Å². The van der Waals surface area contributed by atoms with Crippen molar-refractivity contribution >= 4 is 5.91 Å². The van der Waals surface area contributed by atoms with Gasteiger partial charge in [0.05, 0.1) is 6.61 Å². The van der Waals surface area contributed by atoms with E-state index in [0.29, 0.717) is 12.8 Å². The SMILES string of the molecule is CCC(CC)(CO)CNC(=O)COCC(F)(F)F. The number of ether oxygens (including phenoxy) is 1. The molecule has 0 spiro atoms. The molecular formula is C11H20F3NO3. The fraction of sp³-hybridized carbons (Fsp3) is 0.909. The van der Waals surface area contributed by atoms with E-state index >= 15 is 0 Å². The number of nitrogens with one attached hydrogen (secondary N) is 1. The molecule has 0 unspecified atom stereocenters. The van der Waals surface area contributed by atoms with Crippen LogP contribution in [0.1, 0.15) is 26.7 Å². The molecule has 0 aromatic heterocycles. The number of carbonyl (C=O) groups excluding carboxylic acids is 1. The first-order valence-electron chi connectivity index (χ1n) is 5.80. The maximum absolute atomic E-state index is 11.8. The van der Waals surface area contributed by atoms with Gasteiger partial charge in [-0.1, -0.05) is 13.8 Å². The summed E-state index contributed by atoms with van der Waals surface area (Å²) in [6.45, 7) is 1.84. The maximum Gasteiger partial charge on any atom is 0.411 e. The minimum absolute atomic E-state index is 0.0797. The molecule has 0 aliphatic carbocycles. The van der Waals surface area contributed by atoms with E-state index in [4.69, 9.17) is 0 Å². The number of alkyl halides is 3. The molecule has 2 N–H and O–H groups in total. The van der Waals surface area contributed by atoms with Crippen LogP contribution in [-0.2, 0) is 9.53 Å². The van der Waals surface area contributed by atoms with Gasteiger partial charge < -0.3 is 15.2 Å². The van der Waals surface area contributed by atoms with E-state index in [-0.39, 0.29) is 13.2 Å². The van der Waals surface area contributed by atoms with Gasteiger partial charge in [0.2, 0.25) is 5.91 Å². The quantitative estimate of drug-likeness (QED) is 0.703. The van der Waals surface area contributed by atoms with E-state index in [9.17, 15) is 23.1 Å². The molecule has 7 heteroatoms. The lowest BCUT2D eigenvalue weighted by Crippen LogP contribution is -2.41. The molecule has 108 valence electrons. The summed E-state index contributed by atoms with van der Waals surface area (Å²) in [7, 11) is 0. The average molecular weight is 271 g/mol. The maximum atomic E-state index is 11.8. The number of hydrogen-bond donors (Lipinski definition) is 2. The van der Waals surface area contributed by atoms with Crippen LogP contribution < -0.4 is 5.32 Å². The van der Waals surface area contributed by atoms with Crippen LogP contribution in [0.15, 0.2) is 0 Å². The van der Waals surface area contributed by atoms with Crippen LogP contribution in [0.25, 0.3) is 0 Å². The lowest BCUT2D eigenvalue weighted by atomic mass is 9.83. The Labute approximate surface area is 105 Å². The van der Waals surface area contributed by atoms with Crippen LogP contribution in [0.5, 0.6) is 0 Å². The Balaban J connectivity index is 3.96. The number of rotatable bonds is 8. The zero-order valence-corrected chi connectivity index (χ0v) is 10.6. The molecule has 0 radical (unpaired) electrons. The summed E-state index contributed by atoms with van der Waals surface area (Å²) in [4.78, 5) is 11.2. The molecule has 1 amide bonds. The van der Waals surface area contributed by atoms with Gasteiger partial charge in [0.15, 0.2) is 0 Å². The van der Waals surface area contributed by atoms with Crippen molar-refractivity contribution in [2.24, 2.45) is 5.41 Å². The van der Waals surface area contributed by atoms with E-state index in [1.54, 1.807) is 0 Å². The monoisotopic (exact) mass is 271 g/mol. The van der Waals surface area contributed by atoms with Gasteiger partial charge in [-0.25, -0.2) is 0 Å². The van der Waals surface area contributed by atoms with Gasteiger partial charge in [-0.05, 0) is 12.8 Å². The molecule has 0 atom stereocenters. The standard InChI is InChI=1S/C11H20F3NO3/c1-3-10(4-2,7-16)6-15-9(17)5-18-8-11(12,13)14/h16H,3-8H2,1-2H3,(H,15,17). The molecule has 4 nitrogen and oxygen atoms in total. The summed E-state index contributed by atoms with van der Waals surface area (Å²) in [6.07, 6.45) is -3.09. The molecule has 0 aromatic carbocycles. The van der Waals surface area contributed by atoms with E-state index in [0.717, 1.165) is 0 Å². The lowest BCUT2D eigenvalue weighted by molar-refractivity contribution is -0.175. The molecule has 0 aliphatic heterocycles. The topological polar surface area (TPSA) is 58.6 Å². The minimum Gasteiger partial charge on any atom is -0.396 e. The molecular weight excluding hydrogens is 251 g/mol. The van der Waals surface area contributed by atoms with Crippen LogP contribution in [-0.4, -0.2) is 43.6 Å². The van der Waals surface area contributed by atoms with Gasteiger partial charge in [0.25, 0.3) is 0 Å². The number of carbonyl (C=O) groups is 1. The Morgan fingerprint density at radius 3 is 2.22 bits per heavy atom. The summed E-state index contributed by atoms with van der Waals surface area (Å²) < 4.78 is 39.5. The Hall–Kier alpha value is -0.820. The van der Waals surface area contributed by atoms with Gasteiger partial charge in [0.1, 0.15) is 13.2 Å². The zero-order chi connectivity index (χ0) is 14.2. The first-order valence-corrected chi connectivity index (χ1v) is 5.80. The largest absolute Gasteiger partial charge is 0.411 e. The third kappa shape index (κ3) is 6.80. The van der Waals surface area contributed by atoms with Crippen LogP contribution in [0.4, 0.5) is 13.2 Å². The van der Waals surface area contributed by atoms with Gasteiger partial charge in [-0.2, -0.15) is 13.2 Å². The Kier molecular flexibility index (Phi) is 7.23. The highest BCUT2D eigenvalue weighted by Crippen LogP contribution is 2.24. The van der Waals surface area contributed by atoms with Crippen molar-refractivity contribution in [1.82, 2.24) is 5.32 Å². The number of aliphatic hydroxyl groups excluding tert-OH is 1. The first-order chi connectivity index (χ1) is 8.28. The number of aliphatic hydroxyl groups is 1. The third-order valence-corrected chi connectivity index (χ3v) is 2.99. The Bertz CT molecular complexity index is 244. The molecule has 0 aromatic rings. The normalized spacial score (nSPS) is 12.6. The van der Waals surface area contributed by atoms with Gasteiger partial charge >= 0.3 is 6.18 Å². The molecule has 0 rings (SSSR count). The summed E-state index contributed by atoms with van der Waals surface area (Å²) in [5.41, 5.74) is -0.417. The molecule has 0 bridgehead atoms. The van der Waals surface area contributed by atoms with Crippen molar-refractivity contribution in [3.05, 3.63) is 0 Å². The molecule has 0 saturated heterocycles. The Morgan fingerprint density at radius 2 is 1.83 bits per heavy atom. The predicted octanol–water partition coefficient (Wildman–Crippen LogP) is 1.48. The van der Waals surface area contributed by atoms with Crippen molar-refractivity contribution in [2.45, 2.75) is 32.9 Å². The summed E-state index contributed by atoms with van der Waals surface area (Å²) >= 11 is 0. The first kappa shape index (κ1) is 17.2. The predicted molar refractivity (Wildman–Crippen MR) is 60.0 cm³/mol. The summed E-state index contributed by atoms with van der Waals surface area (Å²) in [5.74, 6) is -0.612. The van der Waals surface area contributed by atoms with Crippen molar-refractivity contribution < 1.29 is 27.8 Å². The molecule has 0 aliphatic rings. The highest BCUT2D eigenvalue weighted by Gasteiger charge is 2.28. The second-order valence-corrected chi connectivity index (χ2v) is 4.25. The second kappa shape index (κ2) is 7.58. The zero-order valence-electron chi connectivity index (χ0n) is 10.6. The molecule has 0 heterocycles. The van der Waals surface area contributed by atoms with E-state index in [2.05, 4.69) is 10.1 Å². The fourth-order valence-electron chi connectivity index (χ4n) is 1.38. The lowest BCUT2D eigenvalue weighted by Gasteiger charge is -2.29. The van der Waals surface area contributed by atoms with Crippen molar-refractivity contribution in [1.29, 1.82) is 0 Å². The second-order valence-electron chi connectivity index (χ2n) is 4.25. The smallest absolute Gasteiger partial charge is 0.396 e. The number of halogens is 3. The van der Waals surface area contributed by atoms with E-state index in [1.165, 1.54) is 0 Å².